The summed E-state index contributed by atoms with van der Waals surface area (Å²) in [6, 6.07) is 8.55. The molecule has 11 heteroatoms. The average Bonchev–Trinajstić information content (AvgIpc) is 3.32. The molecule has 0 radical (unpaired) electrons. The van der Waals surface area contributed by atoms with Crippen molar-refractivity contribution >= 4 is 28.8 Å². The summed E-state index contributed by atoms with van der Waals surface area (Å²) < 4.78 is 21.6. The molecule has 0 bridgehead atoms. The number of methoxy groups -OCH3 is 3. The van der Waals surface area contributed by atoms with Gasteiger partial charge in [-0.3, -0.25) is 9.78 Å². The lowest BCUT2D eigenvalue weighted by Crippen LogP contribution is -2.38. The summed E-state index contributed by atoms with van der Waals surface area (Å²) in [5.41, 5.74) is 3.24. The number of hydrogen-bond acceptors (Lipinski definition) is 10. The molecule has 3 heterocycles. The van der Waals surface area contributed by atoms with E-state index in [1.165, 1.54) is 11.8 Å². The van der Waals surface area contributed by atoms with E-state index in [1.54, 1.807) is 46.7 Å². The predicted molar refractivity (Wildman–Crippen MR) is 143 cm³/mol. The molecule has 1 unspecified atom stereocenters. The first-order valence-electron chi connectivity index (χ1n) is 11.9. The molecule has 1 N–H and O–H groups in total. The van der Waals surface area contributed by atoms with Crippen LogP contribution >= 0.6 is 11.8 Å². The summed E-state index contributed by atoms with van der Waals surface area (Å²) in [5.74, 6) is 0.463. The molecule has 4 rings (SSSR count). The Balaban J connectivity index is 1.66. The van der Waals surface area contributed by atoms with Crippen LogP contribution in [0.15, 0.2) is 70.1 Å². The fourth-order valence-corrected chi connectivity index (χ4v) is 5.12. The molecule has 2 aromatic rings. The Morgan fingerprint density at radius 1 is 1.11 bits per heavy atom. The fourth-order valence-electron chi connectivity index (χ4n) is 4.16. The molecule has 10 nitrogen and oxygen atoms in total. The van der Waals surface area contributed by atoms with E-state index >= 15 is 0 Å². The van der Waals surface area contributed by atoms with Crippen molar-refractivity contribution in [1.29, 1.82) is 0 Å². The zero-order valence-corrected chi connectivity index (χ0v) is 22.5. The summed E-state index contributed by atoms with van der Waals surface area (Å²) >= 11 is 1.40. The second-order valence-corrected chi connectivity index (χ2v) is 9.32. The molecule has 1 atom stereocenters. The quantitative estimate of drug-likeness (QED) is 0.339. The van der Waals surface area contributed by atoms with Gasteiger partial charge in [0.05, 0.1) is 44.6 Å². The molecule has 2 aliphatic heterocycles. The van der Waals surface area contributed by atoms with Gasteiger partial charge in [0.1, 0.15) is 18.1 Å². The lowest BCUT2D eigenvalue weighted by Gasteiger charge is -2.36. The second kappa shape index (κ2) is 12.6. The number of rotatable bonds is 11. The molecule has 1 aromatic heterocycles. The van der Waals surface area contributed by atoms with Crippen LogP contribution < -0.4 is 14.8 Å². The number of amides is 1. The number of esters is 1. The number of carbonyl (C=O) groups excluding carboxylic acids is 2. The number of nitrogens with one attached hydrogen (secondary N) is 1. The maximum atomic E-state index is 13.3. The van der Waals surface area contributed by atoms with E-state index in [9.17, 15) is 9.59 Å². The maximum Gasteiger partial charge on any atom is 0.338 e. The van der Waals surface area contributed by atoms with Gasteiger partial charge in [0.15, 0.2) is 5.17 Å². The normalized spacial score (nSPS) is 16.4. The van der Waals surface area contributed by atoms with Crippen molar-refractivity contribution in [2.24, 2.45) is 4.99 Å². The highest BCUT2D eigenvalue weighted by atomic mass is 32.2. The predicted octanol–water partition coefficient (Wildman–Crippen LogP) is 3.57. The van der Waals surface area contributed by atoms with Gasteiger partial charge in [-0.2, -0.15) is 0 Å². The average molecular weight is 539 g/mol. The number of benzene rings is 1. The van der Waals surface area contributed by atoms with E-state index in [4.69, 9.17) is 18.9 Å². The van der Waals surface area contributed by atoms with Gasteiger partial charge in [0.2, 0.25) is 5.91 Å². The van der Waals surface area contributed by atoms with E-state index < -0.39 is 12.0 Å². The number of ether oxygens (including phenoxy) is 4. The number of allylic oxidation sites excluding steroid dienone is 1. The lowest BCUT2D eigenvalue weighted by molar-refractivity contribution is -0.141. The van der Waals surface area contributed by atoms with E-state index in [0.717, 1.165) is 11.1 Å². The fraction of sp³-hybridized carbons (Fsp3) is 0.333. The molecule has 0 spiro atoms. The summed E-state index contributed by atoms with van der Waals surface area (Å²) in [5, 5.41) is 5.49. The van der Waals surface area contributed by atoms with Crippen LogP contribution in [0.4, 0.5) is 0 Å². The highest BCUT2D eigenvalue weighted by molar-refractivity contribution is 8.16. The van der Waals surface area contributed by atoms with E-state index in [-0.39, 0.29) is 25.5 Å². The molecular formula is C27H30N4O6S. The van der Waals surface area contributed by atoms with Crippen LogP contribution in [0.3, 0.4) is 0 Å². The maximum absolute atomic E-state index is 13.3. The second-order valence-electron chi connectivity index (χ2n) is 8.48. The third-order valence-corrected chi connectivity index (χ3v) is 6.87. The highest BCUT2D eigenvalue weighted by Crippen LogP contribution is 2.46. The Hall–Kier alpha value is -3.83. The van der Waals surface area contributed by atoms with Crippen LogP contribution in [0.25, 0.3) is 0 Å². The zero-order valence-electron chi connectivity index (χ0n) is 21.7. The minimum absolute atomic E-state index is 0.0922. The summed E-state index contributed by atoms with van der Waals surface area (Å²) in [4.78, 5) is 37.0. The van der Waals surface area contributed by atoms with E-state index in [0.29, 0.717) is 40.2 Å². The molecule has 2 aliphatic rings. The Morgan fingerprint density at radius 2 is 1.87 bits per heavy atom. The van der Waals surface area contributed by atoms with Crippen LogP contribution in [-0.2, 0) is 25.6 Å². The Labute approximate surface area is 225 Å². The number of thioether (sulfide) groups is 1. The van der Waals surface area contributed by atoms with Crippen LogP contribution in [0.2, 0.25) is 0 Å². The van der Waals surface area contributed by atoms with Gasteiger partial charge >= 0.3 is 5.97 Å². The summed E-state index contributed by atoms with van der Waals surface area (Å²) in [7, 11) is 4.67. The number of fused-ring (bicyclic) bond motifs is 1. The molecule has 200 valence electrons. The lowest BCUT2D eigenvalue weighted by atomic mass is 9.93. The smallest absolute Gasteiger partial charge is 0.338 e. The molecule has 1 aromatic carbocycles. The molecule has 0 saturated heterocycles. The number of aliphatic imine (C=N–C) groups is 1. The zero-order chi connectivity index (χ0) is 27.1. The minimum Gasteiger partial charge on any atom is -0.497 e. The first-order valence-corrected chi connectivity index (χ1v) is 12.8. The van der Waals surface area contributed by atoms with Gasteiger partial charge in [0, 0.05) is 37.8 Å². The Morgan fingerprint density at radius 3 is 2.53 bits per heavy atom. The van der Waals surface area contributed by atoms with Crippen molar-refractivity contribution < 1.29 is 28.5 Å². The molecular weight excluding hydrogens is 508 g/mol. The third kappa shape index (κ3) is 6.17. The Bertz CT molecular complexity index is 1260. The van der Waals surface area contributed by atoms with E-state index in [1.807, 2.05) is 34.6 Å². The van der Waals surface area contributed by atoms with Crippen molar-refractivity contribution in [2.45, 2.75) is 25.9 Å². The molecule has 0 saturated carbocycles. The largest absolute Gasteiger partial charge is 0.497 e. The van der Waals surface area contributed by atoms with E-state index in [2.05, 4.69) is 15.3 Å². The third-order valence-electron chi connectivity index (χ3n) is 5.98. The van der Waals surface area contributed by atoms with Gasteiger partial charge in [-0.25, -0.2) is 9.79 Å². The van der Waals surface area contributed by atoms with Crippen molar-refractivity contribution in [3.8, 4) is 11.5 Å². The summed E-state index contributed by atoms with van der Waals surface area (Å²) in [6.45, 7) is 2.51. The van der Waals surface area contributed by atoms with Gasteiger partial charge < -0.3 is 29.2 Å². The van der Waals surface area contributed by atoms with Crippen molar-refractivity contribution in [3.05, 3.63) is 76.2 Å². The van der Waals surface area contributed by atoms with Crippen molar-refractivity contribution in [2.75, 3.05) is 34.5 Å². The highest BCUT2D eigenvalue weighted by Gasteiger charge is 2.41. The van der Waals surface area contributed by atoms with Crippen LogP contribution in [0, 0.1) is 0 Å². The molecule has 0 aliphatic carbocycles. The molecule has 0 fully saturated rings. The van der Waals surface area contributed by atoms with Gasteiger partial charge in [0.25, 0.3) is 0 Å². The number of nitrogens with zero attached hydrogens (tertiary/aromatic N) is 3. The number of hydrogen-bond donors (Lipinski definition) is 1. The number of aromatic nitrogens is 1. The van der Waals surface area contributed by atoms with Crippen LogP contribution in [-0.4, -0.2) is 61.5 Å². The van der Waals surface area contributed by atoms with Gasteiger partial charge in [-0.05, 0) is 41.7 Å². The first-order chi connectivity index (χ1) is 18.4. The minimum atomic E-state index is -0.617. The SMILES string of the molecule is COCCOC(=O)C1=C(C)N=C2SC=C(CC(=O)NCc3cccnc3)N2C1c1cc(OC)cc(OC)c1. The molecule has 1 amide bonds. The van der Waals surface area contributed by atoms with Crippen molar-refractivity contribution in [3.63, 3.8) is 0 Å². The number of pyridine rings is 1. The van der Waals surface area contributed by atoms with Gasteiger partial charge in [-0.1, -0.05) is 17.8 Å². The first kappa shape index (κ1) is 27.2. The standard InChI is InChI=1S/C27H30N4O6S/c1-17-24(26(33)37-9-8-34-2)25(19-10-21(35-3)13-22(11-19)36-4)31-20(16-38-27(31)30-17)12-23(32)29-15-18-6-5-7-28-14-18/h5-7,10-11,13-14,16,25H,8-9,12,15H2,1-4H3,(H,29,32). The number of carbonyl (C=O) groups is 2. The van der Waals surface area contributed by atoms with Crippen molar-refractivity contribution in [1.82, 2.24) is 15.2 Å². The van der Waals surface area contributed by atoms with Crippen LogP contribution in [0.5, 0.6) is 11.5 Å². The monoisotopic (exact) mass is 538 g/mol. The summed E-state index contributed by atoms with van der Waals surface area (Å²) in [6.07, 6.45) is 3.49. The Kier molecular flexibility index (Phi) is 9.03. The van der Waals surface area contributed by atoms with Crippen LogP contribution in [0.1, 0.15) is 30.5 Å². The topological polar surface area (TPSA) is 112 Å². The molecule has 38 heavy (non-hydrogen) atoms. The van der Waals surface area contributed by atoms with Gasteiger partial charge in [-0.15, -0.1) is 0 Å². The number of amidine groups is 1.